The molecule has 20 heavy (non-hydrogen) atoms. The molecule has 0 unspecified atom stereocenters. The van der Waals surface area contributed by atoms with Gasteiger partial charge in [-0.05, 0) is 30.2 Å². The molecule has 7 heteroatoms. The Balaban J connectivity index is 1.93. The van der Waals surface area contributed by atoms with Crippen LogP contribution in [0, 0.1) is 0 Å². The SMILES string of the molecule is CC(=O)N[C@H]1CCN(c2nc(Cl)nc3cccnc23)C1. The summed E-state index contributed by atoms with van der Waals surface area (Å²) in [6, 6.07) is 3.82. The second kappa shape index (κ2) is 5.20. The molecule has 0 saturated carbocycles. The van der Waals surface area contributed by atoms with Crippen LogP contribution in [0.15, 0.2) is 18.3 Å². The summed E-state index contributed by atoms with van der Waals surface area (Å²) in [6.07, 6.45) is 2.60. The number of aromatic nitrogens is 3. The Morgan fingerprint density at radius 1 is 1.50 bits per heavy atom. The molecular weight excluding hydrogens is 278 g/mol. The highest BCUT2D eigenvalue weighted by Crippen LogP contribution is 2.26. The van der Waals surface area contributed by atoms with E-state index in [1.165, 1.54) is 6.92 Å². The molecule has 2 aromatic rings. The quantitative estimate of drug-likeness (QED) is 0.847. The minimum atomic E-state index is -0.0134. The van der Waals surface area contributed by atoms with Crippen LogP contribution in [0.25, 0.3) is 11.0 Å². The average Bonchev–Trinajstić information content (AvgIpc) is 2.85. The van der Waals surface area contributed by atoms with Crippen LogP contribution < -0.4 is 10.2 Å². The highest BCUT2D eigenvalue weighted by atomic mass is 35.5. The molecule has 6 nitrogen and oxygen atoms in total. The van der Waals surface area contributed by atoms with E-state index in [1.54, 1.807) is 6.20 Å². The van der Waals surface area contributed by atoms with E-state index >= 15 is 0 Å². The Labute approximate surface area is 121 Å². The standard InChI is InChI=1S/C13H14ClN5O/c1-8(20)16-9-4-6-19(7-9)12-11-10(3-2-5-15-11)17-13(14)18-12/h2-3,5,9H,4,6-7H2,1H3,(H,16,20)/t9-/m0/s1. The fourth-order valence-electron chi connectivity index (χ4n) is 2.50. The summed E-state index contributed by atoms with van der Waals surface area (Å²) >= 11 is 5.98. The van der Waals surface area contributed by atoms with Crippen molar-refractivity contribution in [2.24, 2.45) is 0 Å². The van der Waals surface area contributed by atoms with Gasteiger partial charge < -0.3 is 10.2 Å². The van der Waals surface area contributed by atoms with Gasteiger partial charge in [0.05, 0.1) is 5.52 Å². The Morgan fingerprint density at radius 2 is 2.35 bits per heavy atom. The predicted molar refractivity (Wildman–Crippen MR) is 76.8 cm³/mol. The number of hydrogen-bond donors (Lipinski definition) is 1. The number of pyridine rings is 1. The Kier molecular flexibility index (Phi) is 3.40. The van der Waals surface area contributed by atoms with Gasteiger partial charge in [0, 0.05) is 32.3 Å². The first kappa shape index (κ1) is 13.1. The third kappa shape index (κ3) is 2.51. The zero-order valence-electron chi connectivity index (χ0n) is 11.0. The second-order valence-electron chi connectivity index (χ2n) is 4.82. The molecule has 1 atom stereocenters. The highest BCUT2D eigenvalue weighted by Gasteiger charge is 2.26. The van der Waals surface area contributed by atoms with Crippen molar-refractivity contribution in [3.05, 3.63) is 23.6 Å². The van der Waals surface area contributed by atoms with Gasteiger partial charge >= 0.3 is 0 Å². The number of nitrogens with zero attached hydrogens (tertiary/aromatic N) is 4. The van der Waals surface area contributed by atoms with E-state index in [1.807, 2.05) is 12.1 Å². The zero-order chi connectivity index (χ0) is 14.1. The minimum absolute atomic E-state index is 0.0134. The maximum Gasteiger partial charge on any atom is 0.225 e. The normalized spacial score (nSPS) is 18.5. The first-order valence-corrected chi connectivity index (χ1v) is 6.81. The Morgan fingerprint density at radius 3 is 3.15 bits per heavy atom. The largest absolute Gasteiger partial charge is 0.353 e. The van der Waals surface area contributed by atoms with Gasteiger partial charge in [-0.15, -0.1) is 0 Å². The Hall–Kier alpha value is -1.95. The van der Waals surface area contributed by atoms with E-state index in [4.69, 9.17) is 11.6 Å². The topological polar surface area (TPSA) is 71.0 Å². The van der Waals surface area contributed by atoms with Crippen LogP contribution in [0.1, 0.15) is 13.3 Å². The molecule has 1 aliphatic heterocycles. The van der Waals surface area contributed by atoms with Gasteiger partial charge in [0.2, 0.25) is 11.2 Å². The first-order chi connectivity index (χ1) is 9.63. The van der Waals surface area contributed by atoms with E-state index in [0.29, 0.717) is 6.54 Å². The number of nitrogens with one attached hydrogen (secondary N) is 1. The Bertz CT molecular complexity index is 662. The van der Waals surface area contributed by atoms with Crippen LogP contribution >= 0.6 is 11.6 Å². The van der Waals surface area contributed by atoms with E-state index < -0.39 is 0 Å². The van der Waals surface area contributed by atoms with Crippen molar-refractivity contribution in [2.45, 2.75) is 19.4 Å². The van der Waals surface area contributed by atoms with Crippen molar-refractivity contribution in [1.29, 1.82) is 0 Å². The smallest absolute Gasteiger partial charge is 0.225 e. The molecule has 104 valence electrons. The van der Waals surface area contributed by atoms with Gasteiger partial charge in [-0.3, -0.25) is 9.78 Å². The molecule has 0 bridgehead atoms. The van der Waals surface area contributed by atoms with Crippen molar-refractivity contribution in [1.82, 2.24) is 20.3 Å². The van der Waals surface area contributed by atoms with Gasteiger partial charge in [0.25, 0.3) is 0 Å². The van der Waals surface area contributed by atoms with Crippen LogP contribution in [-0.2, 0) is 4.79 Å². The van der Waals surface area contributed by atoms with Crippen molar-refractivity contribution in [3.8, 4) is 0 Å². The summed E-state index contributed by atoms with van der Waals surface area (Å²) in [4.78, 5) is 26.0. The molecular formula is C13H14ClN5O. The van der Waals surface area contributed by atoms with Crippen LogP contribution in [0.2, 0.25) is 5.28 Å². The van der Waals surface area contributed by atoms with Gasteiger partial charge in [-0.25, -0.2) is 4.98 Å². The number of carbonyl (C=O) groups is 1. The summed E-state index contributed by atoms with van der Waals surface area (Å²) in [7, 11) is 0. The molecule has 0 spiro atoms. The summed E-state index contributed by atoms with van der Waals surface area (Å²) in [5.41, 5.74) is 1.46. The molecule has 1 saturated heterocycles. The van der Waals surface area contributed by atoms with Crippen molar-refractivity contribution >= 4 is 34.4 Å². The lowest BCUT2D eigenvalue weighted by Crippen LogP contribution is -2.35. The van der Waals surface area contributed by atoms with Gasteiger partial charge in [-0.2, -0.15) is 4.98 Å². The monoisotopic (exact) mass is 291 g/mol. The van der Waals surface area contributed by atoms with E-state index in [9.17, 15) is 4.79 Å². The van der Waals surface area contributed by atoms with Crippen LogP contribution in [0.5, 0.6) is 0 Å². The van der Waals surface area contributed by atoms with Crippen LogP contribution in [-0.4, -0.2) is 40.0 Å². The summed E-state index contributed by atoms with van der Waals surface area (Å²) in [5, 5.41) is 3.14. The molecule has 3 rings (SSSR count). The zero-order valence-corrected chi connectivity index (χ0v) is 11.8. The van der Waals surface area contributed by atoms with E-state index in [2.05, 4.69) is 25.2 Å². The number of carbonyl (C=O) groups excluding carboxylic acids is 1. The van der Waals surface area contributed by atoms with E-state index in [0.717, 1.165) is 29.8 Å². The molecule has 0 aromatic carbocycles. The lowest BCUT2D eigenvalue weighted by Gasteiger charge is -2.18. The molecule has 1 N–H and O–H groups in total. The summed E-state index contributed by atoms with van der Waals surface area (Å²) in [6.45, 7) is 3.05. The average molecular weight is 292 g/mol. The predicted octanol–water partition coefficient (Wildman–Crippen LogP) is 1.39. The lowest BCUT2D eigenvalue weighted by molar-refractivity contribution is -0.119. The number of anilines is 1. The molecule has 3 heterocycles. The number of fused-ring (bicyclic) bond motifs is 1. The fraction of sp³-hybridized carbons (Fsp3) is 0.385. The number of amides is 1. The number of hydrogen-bond acceptors (Lipinski definition) is 5. The molecule has 1 fully saturated rings. The van der Waals surface area contributed by atoms with Gasteiger partial charge in [0.15, 0.2) is 5.82 Å². The summed E-state index contributed by atoms with van der Waals surface area (Å²) in [5.74, 6) is 0.717. The minimum Gasteiger partial charge on any atom is -0.353 e. The molecule has 2 aromatic heterocycles. The maximum atomic E-state index is 11.1. The third-order valence-electron chi connectivity index (χ3n) is 3.30. The van der Waals surface area contributed by atoms with Crippen LogP contribution in [0.3, 0.4) is 0 Å². The van der Waals surface area contributed by atoms with Crippen LogP contribution in [0.4, 0.5) is 5.82 Å². The molecule has 0 aliphatic carbocycles. The second-order valence-corrected chi connectivity index (χ2v) is 5.16. The summed E-state index contributed by atoms with van der Waals surface area (Å²) < 4.78 is 0. The number of rotatable bonds is 2. The van der Waals surface area contributed by atoms with Gasteiger partial charge in [0.1, 0.15) is 5.52 Å². The highest BCUT2D eigenvalue weighted by molar-refractivity contribution is 6.28. The van der Waals surface area contributed by atoms with Crippen molar-refractivity contribution in [2.75, 3.05) is 18.0 Å². The first-order valence-electron chi connectivity index (χ1n) is 6.44. The fourth-order valence-corrected chi connectivity index (χ4v) is 2.67. The molecule has 1 amide bonds. The van der Waals surface area contributed by atoms with Crippen molar-refractivity contribution < 1.29 is 4.79 Å². The maximum absolute atomic E-state index is 11.1. The molecule has 1 aliphatic rings. The van der Waals surface area contributed by atoms with E-state index in [-0.39, 0.29) is 17.2 Å². The van der Waals surface area contributed by atoms with Crippen molar-refractivity contribution in [3.63, 3.8) is 0 Å². The number of halogens is 1. The molecule has 0 radical (unpaired) electrons. The third-order valence-corrected chi connectivity index (χ3v) is 3.47. The lowest BCUT2D eigenvalue weighted by atomic mass is 10.2. The van der Waals surface area contributed by atoms with Gasteiger partial charge in [-0.1, -0.05) is 0 Å².